The van der Waals surface area contributed by atoms with Crippen LogP contribution in [0, 0.1) is 23.7 Å². The number of benzene rings is 1. The number of hydrogen-bond donors (Lipinski definition) is 1. The molecule has 18 heavy (non-hydrogen) atoms. The summed E-state index contributed by atoms with van der Waals surface area (Å²) in [7, 11) is 0. The van der Waals surface area contributed by atoms with Crippen LogP contribution in [-0.4, -0.2) is 18.3 Å². The third kappa shape index (κ3) is 1.90. The Hall–Kier alpha value is -0.470. The number of thioether (sulfide) groups is 1. The molecule has 96 valence electrons. The van der Waals surface area contributed by atoms with Crippen molar-refractivity contribution in [2.24, 2.45) is 23.7 Å². The van der Waals surface area contributed by atoms with Gasteiger partial charge in [0.15, 0.2) is 0 Å². The molecule has 2 heteroatoms. The van der Waals surface area contributed by atoms with Gasteiger partial charge in [-0.25, -0.2) is 0 Å². The van der Waals surface area contributed by atoms with Crippen LogP contribution in [-0.2, 0) is 0 Å². The molecule has 1 N–H and O–H groups in total. The van der Waals surface area contributed by atoms with Gasteiger partial charge in [0.25, 0.3) is 0 Å². The first-order valence-electron chi connectivity index (χ1n) is 7.35. The van der Waals surface area contributed by atoms with E-state index in [1.165, 1.54) is 30.0 Å². The second-order valence-corrected chi connectivity index (χ2v) is 7.30. The lowest BCUT2D eigenvalue weighted by atomic mass is 10.0. The molecule has 4 rings (SSSR count). The van der Waals surface area contributed by atoms with Crippen molar-refractivity contribution in [3.8, 4) is 0 Å². The van der Waals surface area contributed by atoms with Gasteiger partial charge in [-0.15, -0.1) is 11.8 Å². The number of fused-ring (bicyclic) bond motifs is 5. The highest BCUT2D eigenvalue weighted by Gasteiger charge is 2.64. The van der Waals surface area contributed by atoms with Gasteiger partial charge in [0, 0.05) is 23.2 Å². The van der Waals surface area contributed by atoms with E-state index in [9.17, 15) is 0 Å². The first-order valence-corrected chi connectivity index (χ1v) is 8.33. The SMILES string of the molecule is c1ccc(SCCNC2C3C4CCC(C4)C23)cc1. The summed E-state index contributed by atoms with van der Waals surface area (Å²) >= 11 is 1.97. The predicted octanol–water partition coefficient (Wildman–Crippen LogP) is 3.41. The van der Waals surface area contributed by atoms with E-state index in [0.29, 0.717) is 0 Å². The number of hydrogen-bond acceptors (Lipinski definition) is 2. The van der Waals surface area contributed by atoms with E-state index in [1.54, 1.807) is 6.42 Å². The Labute approximate surface area is 114 Å². The molecule has 3 fully saturated rings. The maximum atomic E-state index is 3.81. The van der Waals surface area contributed by atoms with Gasteiger partial charge in [-0.05, 0) is 55.1 Å². The van der Waals surface area contributed by atoms with Crippen molar-refractivity contribution in [2.75, 3.05) is 12.3 Å². The van der Waals surface area contributed by atoms with Crippen molar-refractivity contribution in [3.63, 3.8) is 0 Å². The van der Waals surface area contributed by atoms with Crippen LogP contribution in [0.2, 0.25) is 0 Å². The van der Waals surface area contributed by atoms with E-state index >= 15 is 0 Å². The molecule has 3 aliphatic carbocycles. The molecular weight excluding hydrogens is 238 g/mol. The van der Waals surface area contributed by atoms with Gasteiger partial charge >= 0.3 is 0 Å². The molecule has 0 aliphatic heterocycles. The molecule has 1 nitrogen and oxygen atoms in total. The van der Waals surface area contributed by atoms with Crippen LogP contribution < -0.4 is 5.32 Å². The van der Waals surface area contributed by atoms with Crippen molar-refractivity contribution in [1.29, 1.82) is 0 Å². The lowest BCUT2D eigenvalue weighted by molar-refractivity contribution is 0.456. The van der Waals surface area contributed by atoms with Crippen molar-refractivity contribution in [2.45, 2.75) is 30.2 Å². The lowest BCUT2D eigenvalue weighted by Crippen LogP contribution is -2.25. The molecule has 3 aliphatic rings. The second-order valence-electron chi connectivity index (χ2n) is 6.13. The van der Waals surface area contributed by atoms with Gasteiger partial charge in [-0.3, -0.25) is 0 Å². The molecule has 1 aromatic rings. The molecule has 0 saturated heterocycles. The van der Waals surface area contributed by atoms with Crippen LogP contribution in [0.1, 0.15) is 19.3 Å². The van der Waals surface area contributed by atoms with Crippen LogP contribution >= 0.6 is 11.8 Å². The first kappa shape index (κ1) is 11.4. The minimum atomic E-state index is 0.896. The molecule has 0 heterocycles. The Morgan fingerprint density at radius 2 is 1.78 bits per heavy atom. The third-order valence-corrected chi connectivity index (χ3v) is 6.24. The largest absolute Gasteiger partial charge is 0.313 e. The van der Waals surface area contributed by atoms with Crippen LogP contribution in [0.5, 0.6) is 0 Å². The Balaban J connectivity index is 1.20. The van der Waals surface area contributed by atoms with Gasteiger partial charge in [0.1, 0.15) is 0 Å². The highest BCUT2D eigenvalue weighted by Crippen LogP contribution is 2.65. The maximum absolute atomic E-state index is 3.81. The molecule has 4 atom stereocenters. The zero-order chi connectivity index (χ0) is 11.9. The highest BCUT2D eigenvalue weighted by atomic mass is 32.2. The molecule has 0 amide bonds. The summed E-state index contributed by atoms with van der Waals surface area (Å²) in [6, 6.07) is 11.6. The molecule has 0 spiro atoms. The molecule has 4 unspecified atom stereocenters. The molecule has 0 aromatic heterocycles. The standard InChI is InChI=1S/C16H21NS/c1-2-4-13(5-3-1)18-9-8-17-16-14-11-6-7-12(10-11)15(14)16/h1-5,11-12,14-17H,6-10H2. The Bertz CT molecular complexity index is 402. The zero-order valence-electron chi connectivity index (χ0n) is 10.7. The normalized spacial score (nSPS) is 39.9. The van der Waals surface area contributed by atoms with Crippen LogP contribution in [0.4, 0.5) is 0 Å². The van der Waals surface area contributed by atoms with Crippen LogP contribution in [0.25, 0.3) is 0 Å². The summed E-state index contributed by atoms with van der Waals surface area (Å²) in [5.74, 6) is 5.55. The fraction of sp³-hybridized carbons (Fsp3) is 0.625. The fourth-order valence-corrected chi connectivity index (χ4v) is 5.31. The van der Waals surface area contributed by atoms with Gasteiger partial charge in [-0.1, -0.05) is 18.2 Å². The number of rotatable bonds is 5. The smallest absolute Gasteiger partial charge is 0.0136 e. The molecule has 1 aromatic carbocycles. The molecule has 0 radical (unpaired) electrons. The fourth-order valence-electron chi connectivity index (χ4n) is 4.51. The number of nitrogens with one attached hydrogen (secondary N) is 1. The van der Waals surface area contributed by atoms with Crippen LogP contribution in [0.15, 0.2) is 35.2 Å². The first-order chi connectivity index (χ1) is 8.93. The van der Waals surface area contributed by atoms with Gasteiger partial charge < -0.3 is 5.32 Å². The van der Waals surface area contributed by atoms with E-state index in [0.717, 1.165) is 29.7 Å². The monoisotopic (exact) mass is 259 g/mol. The second kappa shape index (κ2) is 4.57. The van der Waals surface area contributed by atoms with Crippen molar-refractivity contribution in [1.82, 2.24) is 5.32 Å². The van der Waals surface area contributed by atoms with E-state index in [4.69, 9.17) is 0 Å². The third-order valence-electron chi connectivity index (χ3n) is 5.23. The highest BCUT2D eigenvalue weighted by molar-refractivity contribution is 7.99. The zero-order valence-corrected chi connectivity index (χ0v) is 11.5. The molecule has 2 bridgehead atoms. The van der Waals surface area contributed by atoms with Gasteiger partial charge in [-0.2, -0.15) is 0 Å². The minimum absolute atomic E-state index is 0.896. The van der Waals surface area contributed by atoms with E-state index in [2.05, 4.69) is 35.6 Å². The predicted molar refractivity (Wildman–Crippen MR) is 76.8 cm³/mol. The quantitative estimate of drug-likeness (QED) is 0.642. The van der Waals surface area contributed by atoms with Gasteiger partial charge in [0.05, 0.1) is 0 Å². The topological polar surface area (TPSA) is 12.0 Å². The average molecular weight is 259 g/mol. The maximum Gasteiger partial charge on any atom is 0.0136 e. The molecule has 3 saturated carbocycles. The Kier molecular flexibility index (Phi) is 2.89. The van der Waals surface area contributed by atoms with Crippen molar-refractivity contribution in [3.05, 3.63) is 30.3 Å². The van der Waals surface area contributed by atoms with E-state index in [-0.39, 0.29) is 0 Å². The Morgan fingerprint density at radius 3 is 2.50 bits per heavy atom. The summed E-state index contributed by atoms with van der Waals surface area (Å²) in [4.78, 5) is 1.40. The van der Waals surface area contributed by atoms with E-state index in [1.807, 2.05) is 11.8 Å². The van der Waals surface area contributed by atoms with Crippen molar-refractivity contribution >= 4 is 11.8 Å². The van der Waals surface area contributed by atoms with Crippen molar-refractivity contribution < 1.29 is 0 Å². The van der Waals surface area contributed by atoms with E-state index < -0.39 is 0 Å². The Morgan fingerprint density at radius 1 is 1.06 bits per heavy atom. The summed E-state index contributed by atoms with van der Waals surface area (Å²) < 4.78 is 0. The summed E-state index contributed by atoms with van der Waals surface area (Å²) in [6.45, 7) is 1.18. The summed E-state index contributed by atoms with van der Waals surface area (Å²) in [5.41, 5.74) is 0. The summed E-state index contributed by atoms with van der Waals surface area (Å²) in [5, 5.41) is 3.81. The lowest BCUT2D eigenvalue weighted by Gasteiger charge is -2.10. The average Bonchev–Trinajstić information content (AvgIpc) is 2.81. The molecular formula is C16H21NS. The van der Waals surface area contributed by atoms with Gasteiger partial charge in [0.2, 0.25) is 0 Å². The summed E-state index contributed by atoms with van der Waals surface area (Å²) in [6.07, 6.45) is 4.62. The van der Waals surface area contributed by atoms with Crippen LogP contribution in [0.3, 0.4) is 0 Å². The minimum Gasteiger partial charge on any atom is -0.313 e.